The zero-order valence-corrected chi connectivity index (χ0v) is 12.2. The van der Waals surface area contributed by atoms with Gasteiger partial charge in [0.25, 0.3) is 0 Å². The average Bonchev–Trinajstić information content (AvgIpc) is 2.42. The third-order valence-corrected chi connectivity index (χ3v) is 4.28. The molecule has 19 heavy (non-hydrogen) atoms. The number of aromatic nitrogens is 1. The topological polar surface area (TPSA) is 51.4 Å². The number of piperidine rings is 1. The lowest BCUT2D eigenvalue weighted by Crippen LogP contribution is -2.50. The van der Waals surface area contributed by atoms with E-state index in [0.717, 1.165) is 25.9 Å². The number of methoxy groups -OCH3 is 1. The largest absolute Gasteiger partial charge is 0.377 e. The van der Waals surface area contributed by atoms with Gasteiger partial charge in [0.1, 0.15) is 0 Å². The summed E-state index contributed by atoms with van der Waals surface area (Å²) in [6, 6.07) is 2.29. The lowest BCUT2D eigenvalue weighted by molar-refractivity contribution is -0.0609. The van der Waals surface area contributed by atoms with Crippen LogP contribution in [0.5, 0.6) is 0 Å². The van der Waals surface area contributed by atoms with Gasteiger partial charge in [-0.15, -0.1) is 0 Å². The number of rotatable bonds is 4. The van der Waals surface area contributed by atoms with Crippen molar-refractivity contribution in [3.8, 4) is 0 Å². The first-order valence-electron chi connectivity index (χ1n) is 6.99. The molecule has 0 radical (unpaired) electrons. The Hall–Kier alpha value is -0.970. The van der Waals surface area contributed by atoms with Crippen molar-refractivity contribution in [1.29, 1.82) is 0 Å². The number of hydrogen-bond donors (Lipinski definition) is 1. The van der Waals surface area contributed by atoms with Gasteiger partial charge in [0.2, 0.25) is 0 Å². The number of likely N-dealkylation sites (tertiary alicyclic amines) is 1. The molecule has 0 saturated carbocycles. The predicted molar refractivity (Wildman–Crippen MR) is 77.0 cm³/mol. The molecule has 0 spiro atoms. The van der Waals surface area contributed by atoms with Crippen LogP contribution in [0.3, 0.4) is 0 Å². The van der Waals surface area contributed by atoms with Crippen LogP contribution in [0.25, 0.3) is 0 Å². The van der Waals surface area contributed by atoms with Gasteiger partial charge in [-0.2, -0.15) is 0 Å². The minimum absolute atomic E-state index is 0.0538. The van der Waals surface area contributed by atoms with Crippen LogP contribution < -0.4 is 5.73 Å². The molecule has 4 nitrogen and oxygen atoms in total. The number of pyridine rings is 1. The SMILES string of the molecule is COC1(C)CCCN(C(CN)c2cnccc2C)C1. The Bertz CT molecular complexity index is 424. The maximum Gasteiger partial charge on any atom is 0.0777 e. The summed E-state index contributed by atoms with van der Waals surface area (Å²) < 4.78 is 5.67. The van der Waals surface area contributed by atoms with Crippen molar-refractivity contribution in [3.63, 3.8) is 0 Å². The third kappa shape index (κ3) is 3.14. The Morgan fingerprint density at radius 2 is 2.37 bits per heavy atom. The van der Waals surface area contributed by atoms with E-state index in [2.05, 4.69) is 29.8 Å². The lowest BCUT2D eigenvalue weighted by atomic mass is 9.91. The fraction of sp³-hybridized carbons (Fsp3) is 0.667. The van der Waals surface area contributed by atoms with E-state index in [4.69, 9.17) is 10.5 Å². The molecule has 0 aromatic carbocycles. The second kappa shape index (κ2) is 5.99. The van der Waals surface area contributed by atoms with Crippen molar-refractivity contribution in [3.05, 3.63) is 29.6 Å². The second-order valence-corrected chi connectivity index (χ2v) is 5.71. The van der Waals surface area contributed by atoms with E-state index in [-0.39, 0.29) is 11.6 Å². The normalized spacial score (nSPS) is 26.3. The summed E-state index contributed by atoms with van der Waals surface area (Å²) in [7, 11) is 1.80. The fourth-order valence-corrected chi connectivity index (χ4v) is 2.97. The number of nitrogens with two attached hydrogens (primary N) is 1. The first-order chi connectivity index (χ1) is 9.09. The molecule has 2 atom stereocenters. The summed E-state index contributed by atoms with van der Waals surface area (Å²) in [5.41, 5.74) is 8.47. The molecule has 1 aliphatic heterocycles. The molecule has 1 fully saturated rings. The van der Waals surface area contributed by atoms with Gasteiger partial charge in [-0.1, -0.05) is 0 Å². The van der Waals surface area contributed by atoms with E-state index in [1.165, 1.54) is 11.1 Å². The third-order valence-electron chi connectivity index (χ3n) is 4.28. The number of ether oxygens (including phenoxy) is 1. The van der Waals surface area contributed by atoms with E-state index in [9.17, 15) is 0 Å². The molecule has 2 heterocycles. The minimum Gasteiger partial charge on any atom is -0.377 e. The molecule has 4 heteroatoms. The molecule has 0 aliphatic carbocycles. The summed E-state index contributed by atoms with van der Waals surface area (Å²) in [5, 5.41) is 0. The van der Waals surface area contributed by atoms with Gasteiger partial charge in [-0.3, -0.25) is 9.88 Å². The molecule has 1 saturated heterocycles. The fourth-order valence-electron chi connectivity index (χ4n) is 2.97. The predicted octanol–water partition coefficient (Wildman–Crippen LogP) is 1.89. The second-order valence-electron chi connectivity index (χ2n) is 5.71. The minimum atomic E-state index is -0.0538. The van der Waals surface area contributed by atoms with Crippen molar-refractivity contribution in [2.24, 2.45) is 5.73 Å². The Morgan fingerprint density at radius 3 is 3.00 bits per heavy atom. The van der Waals surface area contributed by atoms with Crippen molar-refractivity contribution >= 4 is 0 Å². The summed E-state index contributed by atoms with van der Waals surface area (Å²) in [6.07, 6.45) is 6.05. The monoisotopic (exact) mass is 263 g/mol. The molecule has 1 aromatic heterocycles. The number of hydrogen-bond acceptors (Lipinski definition) is 4. The van der Waals surface area contributed by atoms with Gasteiger partial charge in [0.15, 0.2) is 0 Å². The molecule has 0 bridgehead atoms. The van der Waals surface area contributed by atoms with Crippen molar-refractivity contribution in [1.82, 2.24) is 9.88 Å². The van der Waals surface area contributed by atoms with Crippen LogP contribution in [0.1, 0.15) is 36.9 Å². The Morgan fingerprint density at radius 1 is 1.58 bits per heavy atom. The Kier molecular flexibility index (Phi) is 4.55. The highest BCUT2D eigenvalue weighted by atomic mass is 16.5. The smallest absolute Gasteiger partial charge is 0.0777 e. The van der Waals surface area contributed by atoms with Crippen molar-refractivity contribution < 1.29 is 4.74 Å². The van der Waals surface area contributed by atoms with Gasteiger partial charge in [-0.05, 0) is 50.4 Å². The van der Waals surface area contributed by atoms with Crippen LogP contribution in [-0.2, 0) is 4.74 Å². The van der Waals surface area contributed by atoms with E-state index in [1.807, 2.05) is 12.4 Å². The maximum absolute atomic E-state index is 6.02. The van der Waals surface area contributed by atoms with E-state index in [1.54, 1.807) is 7.11 Å². The number of nitrogens with zero attached hydrogens (tertiary/aromatic N) is 2. The molecule has 2 rings (SSSR count). The molecular weight excluding hydrogens is 238 g/mol. The summed E-state index contributed by atoms with van der Waals surface area (Å²) in [6.45, 7) is 6.93. The summed E-state index contributed by atoms with van der Waals surface area (Å²) in [4.78, 5) is 6.69. The summed E-state index contributed by atoms with van der Waals surface area (Å²) >= 11 is 0. The first-order valence-corrected chi connectivity index (χ1v) is 6.99. The standard InChI is InChI=1S/C15H25N3O/c1-12-5-7-17-10-13(12)14(9-16)18-8-4-6-15(2,11-18)19-3/h5,7,10,14H,4,6,8-9,11,16H2,1-3H3. The van der Waals surface area contributed by atoms with Gasteiger partial charge in [-0.25, -0.2) is 0 Å². The van der Waals surface area contributed by atoms with E-state index < -0.39 is 0 Å². The molecule has 2 unspecified atom stereocenters. The molecule has 0 amide bonds. The average molecular weight is 263 g/mol. The van der Waals surface area contributed by atoms with Crippen LogP contribution in [0.2, 0.25) is 0 Å². The van der Waals surface area contributed by atoms with Gasteiger partial charge in [0.05, 0.1) is 5.60 Å². The highest BCUT2D eigenvalue weighted by Crippen LogP contribution is 2.30. The van der Waals surface area contributed by atoms with Gasteiger partial charge < -0.3 is 10.5 Å². The highest BCUT2D eigenvalue weighted by Gasteiger charge is 2.34. The Balaban J connectivity index is 2.20. The van der Waals surface area contributed by atoms with Gasteiger partial charge in [0, 0.05) is 38.6 Å². The van der Waals surface area contributed by atoms with Crippen LogP contribution in [0, 0.1) is 6.92 Å². The lowest BCUT2D eigenvalue weighted by Gasteiger charge is -2.43. The number of aryl methyl sites for hydroxylation is 1. The van der Waals surface area contributed by atoms with Crippen LogP contribution in [0.15, 0.2) is 18.5 Å². The van der Waals surface area contributed by atoms with E-state index in [0.29, 0.717) is 6.54 Å². The molecular formula is C15H25N3O. The van der Waals surface area contributed by atoms with Crippen molar-refractivity contribution in [2.75, 3.05) is 26.7 Å². The van der Waals surface area contributed by atoms with Crippen molar-refractivity contribution in [2.45, 2.75) is 38.3 Å². The highest BCUT2D eigenvalue weighted by molar-refractivity contribution is 5.25. The van der Waals surface area contributed by atoms with E-state index >= 15 is 0 Å². The zero-order valence-electron chi connectivity index (χ0n) is 12.2. The molecule has 1 aromatic rings. The van der Waals surface area contributed by atoms with Crippen LogP contribution in [0.4, 0.5) is 0 Å². The molecule has 1 aliphatic rings. The quantitative estimate of drug-likeness (QED) is 0.901. The first kappa shape index (κ1) is 14.4. The van der Waals surface area contributed by atoms with Crippen LogP contribution in [-0.4, -0.2) is 42.2 Å². The molecule has 2 N–H and O–H groups in total. The Labute approximate surface area is 116 Å². The van der Waals surface area contributed by atoms with Gasteiger partial charge >= 0.3 is 0 Å². The zero-order chi connectivity index (χ0) is 13.9. The maximum atomic E-state index is 6.02. The van der Waals surface area contributed by atoms with Crippen LogP contribution >= 0.6 is 0 Å². The molecule has 106 valence electrons. The summed E-state index contributed by atoms with van der Waals surface area (Å²) in [5.74, 6) is 0.